The molecule has 2 aromatic carbocycles. The van der Waals surface area contributed by atoms with Crippen molar-refractivity contribution in [3.05, 3.63) is 65.8 Å². The Morgan fingerprint density at radius 2 is 1.97 bits per heavy atom. The number of hydrogen-bond acceptors (Lipinski definition) is 6. The van der Waals surface area contributed by atoms with Gasteiger partial charge in [0.2, 0.25) is 11.8 Å². The van der Waals surface area contributed by atoms with Crippen LogP contribution < -0.4 is 10.2 Å². The number of carbonyl (C=O) groups excluding carboxylic acids is 2. The van der Waals surface area contributed by atoms with Crippen LogP contribution in [0.5, 0.6) is 0 Å². The van der Waals surface area contributed by atoms with Gasteiger partial charge in [-0.15, -0.1) is 16.9 Å². The number of thioether (sulfide) groups is 1. The van der Waals surface area contributed by atoms with Crippen LogP contribution in [0.4, 0.5) is 16.1 Å². The summed E-state index contributed by atoms with van der Waals surface area (Å²) < 4.78 is 19.2. The Labute approximate surface area is 170 Å². The van der Waals surface area contributed by atoms with Gasteiger partial charge in [0.05, 0.1) is 11.5 Å². The topological polar surface area (TPSA) is 88.3 Å². The molecule has 0 radical (unpaired) electrons. The lowest BCUT2D eigenvalue weighted by atomic mass is 10.1. The van der Waals surface area contributed by atoms with Crippen LogP contribution in [0, 0.1) is 5.82 Å². The second kappa shape index (κ2) is 8.04. The molecule has 2 heterocycles. The summed E-state index contributed by atoms with van der Waals surface area (Å²) in [5, 5.41) is 10.1. The van der Waals surface area contributed by atoms with Gasteiger partial charge in [0.25, 0.3) is 5.91 Å². The third kappa shape index (κ3) is 4.00. The Balaban J connectivity index is 1.45. The summed E-state index contributed by atoms with van der Waals surface area (Å²) >= 11 is 1.63. The summed E-state index contributed by atoms with van der Waals surface area (Å²) in [6, 6.07) is 13.2. The van der Waals surface area contributed by atoms with Crippen molar-refractivity contribution in [1.82, 2.24) is 10.2 Å². The first-order valence-electron chi connectivity index (χ1n) is 8.89. The lowest BCUT2D eigenvalue weighted by Crippen LogP contribution is -2.24. The van der Waals surface area contributed by atoms with E-state index in [1.165, 1.54) is 18.2 Å². The van der Waals surface area contributed by atoms with E-state index in [0.717, 1.165) is 10.6 Å². The third-order valence-corrected chi connectivity index (χ3v) is 5.38. The van der Waals surface area contributed by atoms with Crippen molar-refractivity contribution in [2.75, 3.05) is 23.0 Å². The monoisotopic (exact) mass is 412 g/mol. The minimum absolute atomic E-state index is 0.0398. The van der Waals surface area contributed by atoms with Crippen molar-refractivity contribution >= 4 is 35.3 Å². The molecule has 4 rings (SSSR count). The predicted molar refractivity (Wildman–Crippen MR) is 107 cm³/mol. The molecular formula is C20H17FN4O3S. The molecule has 2 amide bonds. The van der Waals surface area contributed by atoms with Gasteiger partial charge in [-0.1, -0.05) is 17.2 Å². The van der Waals surface area contributed by atoms with Crippen LogP contribution in [0.25, 0.3) is 0 Å². The number of amides is 2. The molecule has 148 valence electrons. The molecule has 0 spiro atoms. The van der Waals surface area contributed by atoms with Gasteiger partial charge in [0.1, 0.15) is 5.82 Å². The van der Waals surface area contributed by atoms with Gasteiger partial charge >= 0.3 is 6.01 Å². The number of anilines is 2. The lowest BCUT2D eigenvalue weighted by Gasteiger charge is -2.16. The van der Waals surface area contributed by atoms with E-state index in [0.29, 0.717) is 6.54 Å². The van der Waals surface area contributed by atoms with Gasteiger partial charge in [0, 0.05) is 23.5 Å². The number of halogens is 1. The fraction of sp³-hybridized carbons (Fsp3) is 0.200. The zero-order valence-corrected chi connectivity index (χ0v) is 16.3. The second-order valence-electron chi connectivity index (χ2n) is 6.48. The molecule has 1 N–H and O–H groups in total. The van der Waals surface area contributed by atoms with E-state index in [2.05, 4.69) is 15.5 Å². The highest BCUT2D eigenvalue weighted by Crippen LogP contribution is 2.32. The van der Waals surface area contributed by atoms with Gasteiger partial charge in [-0.3, -0.25) is 14.9 Å². The first-order chi connectivity index (χ1) is 14.0. The lowest BCUT2D eigenvalue weighted by molar-refractivity contribution is -0.117. The van der Waals surface area contributed by atoms with Crippen LogP contribution in [0.2, 0.25) is 0 Å². The number of rotatable bonds is 5. The van der Waals surface area contributed by atoms with Crippen molar-refractivity contribution in [1.29, 1.82) is 0 Å². The Hall–Kier alpha value is -3.20. The average molecular weight is 412 g/mol. The summed E-state index contributed by atoms with van der Waals surface area (Å²) in [7, 11) is 0. The molecule has 3 aromatic rings. The van der Waals surface area contributed by atoms with E-state index >= 15 is 0 Å². The Morgan fingerprint density at radius 3 is 2.69 bits per heavy atom. The zero-order valence-electron chi connectivity index (χ0n) is 15.5. The SMILES string of the molecule is CSc1ccc(N2C[C@@H](c3nnc(NC(=O)c4ccccc4F)o3)CC2=O)cc1. The zero-order chi connectivity index (χ0) is 20.4. The first-order valence-corrected chi connectivity index (χ1v) is 10.1. The number of hydrogen-bond donors (Lipinski definition) is 1. The average Bonchev–Trinajstić information content (AvgIpc) is 3.35. The summed E-state index contributed by atoms with van der Waals surface area (Å²) in [6.45, 7) is 0.403. The van der Waals surface area contributed by atoms with Crippen LogP contribution >= 0.6 is 11.8 Å². The van der Waals surface area contributed by atoms with E-state index in [-0.39, 0.29) is 35.7 Å². The van der Waals surface area contributed by atoms with Crippen molar-refractivity contribution in [2.45, 2.75) is 17.2 Å². The van der Waals surface area contributed by atoms with Crippen molar-refractivity contribution in [3.63, 3.8) is 0 Å². The number of nitrogens with one attached hydrogen (secondary N) is 1. The highest BCUT2D eigenvalue weighted by atomic mass is 32.2. The van der Waals surface area contributed by atoms with E-state index in [9.17, 15) is 14.0 Å². The molecule has 1 atom stereocenters. The summed E-state index contributed by atoms with van der Waals surface area (Å²) in [4.78, 5) is 27.4. The van der Waals surface area contributed by atoms with E-state index in [1.54, 1.807) is 22.7 Å². The molecule has 1 aliphatic rings. The van der Waals surface area contributed by atoms with Crippen molar-refractivity contribution in [3.8, 4) is 0 Å². The Bertz CT molecular complexity index is 1050. The molecule has 0 saturated carbocycles. The van der Waals surface area contributed by atoms with Gasteiger partial charge in [0.15, 0.2) is 0 Å². The van der Waals surface area contributed by atoms with E-state index < -0.39 is 11.7 Å². The maximum atomic E-state index is 13.7. The number of benzene rings is 2. The Kier molecular flexibility index (Phi) is 5.30. The third-order valence-electron chi connectivity index (χ3n) is 4.64. The normalized spacial score (nSPS) is 16.3. The molecule has 29 heavy (non-hydrogen) atoms. The van der Waals surface area contributed by atoms with Gasteiger partial charge < -0.3 is 9.32 Å². The Morgan fingerprint density at radius 1 is 1.21 bits per heavy atom. The summed E-state index contributed by atoms with van der Waals surface area (Å²) in [6.07, 6.45) is 2.22. The molecule has 0 bridgehead atoms. The molecule has 1 saturated heterocycles. The standard InChI is InChI=1S/C20H17FN4O3S/c1-29-14-8-6-13(7-9-14)25-11-12(10-17(25)26)19-23-24-20(28-19)22-18(27)15-4-2-3-5-16(15)21/h2-9,12H,10-11H2,1H3,(H,22,24,27)/t12-/m0/s1. The van der Waals surface area contributed by atoms with Crippen LogP contribution in [0.15, 0.2) is 57.8 Å². The highest BCUT2D eigenvalue weighted by Gasteiger charge is 2.35. The number of nitrogens with zero attached hydrogens (tertiary/aromatic N) is 3. The molecule has 9 heteroatoms. The smallest absolute Gasteiger partial charge is 0.322 e. The van der Waals surface area contributed by atoms with E-state index in [1.807, 2.05) is 30.5 Å². The summed E-state index contributed by atoms with van der Waals surface area (Å²) in [5.41, 5.74) is 0.686. The molecule has 1 fully saturated rings. The van der Waals surface area contributed by atoms with E-state index in [4.69, 9.17) is 4.42 Å². The first kappa shape index (κ1) is 19.1. The largest absolute Gasteiger partial charge is 0.407 e. The number of carbonyl (C=O) groups is 2. The van der Waals surface area contributed by atoms with Crippen molar-refractivity contribution < 1.29 is 18.4 Å². The molecule has 1 aliphatic heterocycles. The summed E-state index contributed by atoms with van der Waals surface area (Å²) in [5.74, 6) is -1.40. The molecule has 0 aliphatic carbocycles. The van der Waals surface area contributed by atoms with Crippen molar-refractivity contribution in [2.24, 2.45) is 0 Å². The van der Waals surface area contributed by atoms with Crippen LogP contribution in [0.1, 0.15) is 28.6 Å². The van der Waals surface area contributed by atoms with Crippen LogP contribution in [0.3, 0.4) is 0 Å². The maximum Gasteiger partial charge on any atom is 0.322 e. The van der Waals surface area contributed by atoms with Crippen LogP contribution in [-0.2, 0) is 4.79 Å². The molecule has 1 aromatic heterocycles. The molecule has 7 nitrogen and oxygen atoms in total. The van der Waals surface area contributed by atoms with Gasteiger partial charge in [-0.25, -0.2) is 4.39 Å². The quantitative estimate of drug-likeness (QED) is 0.643. The van der Waals surface area contributed by atoms with Crippen LogP contribution in [-0.4, -0.2) is 34.8 Å². The molecule has 0 unspecified atom stereocenters. The fourth-order valence-electron chi connectivity index (χ4n) is 3.14. The predicted octanol–water partition coefficient (Wildman–Crippen LogP) is 3.70. The van der Waals surface area contributed by atoms with Gasteiger partial charge in [-0.05, 0) is 42.7 Å². The minimum Gasteiger partial charge on any atom is -0.407 e. The fourth-order valence-corrected chi connectivity index (χ4v) is 3.55. The second-order valence-corrected chi connectivity index (χ2v) is 7.36. The molecular weight excluding hydrogens is 395 g/mol. The maximum absolute atomic E-state index is 13.7. The highest BCUT2D eigenvalue weighted by molar-refractivity contribution is 7.98. The number of aromatic nitrogens is 2. The van der Waals surface area contributed by atoms with Gasteiger partial charge in [-0.2, -0.15) is 0 Å². The minimum atomic E-state index is -0.684.